The SMILES string of the molecule is CN1CCN([C@@H](CNC(=O)C(=O)Nc2ccc(C(F)(F)F)cc2)c2cccn2C)CC1. The van der Waals surface area contributed by atoms with E-state index in [-0.39, 0.29) is 18.3 Å². The van der Waals surface area contributed by atoms with Gasteiger partial charge in [-0.2, -0.15) is 13.2 Å². The zero-order chi connectivity index (χ0) is 22.6. The molecule has 1 aromatic heterocycles. The van der Waals surface area contributed by atoms with Crippen molar-refractivity contribution >= 4 is 17.5 Å². The standard InChI is InChI=1S/C21H26F3N5O2/c1-27-10-12-29(13-11-27)18(17-4-3-9-28(17)2)14-25-19(30)20(31)26-16-7-5-15(6-8-16)21(22,23)24/h3-9,18H,10-14H2,1-2H3,(H,25,30)(H,26,31)/t18-/m0/s1. The second-order valence-electron chi connectivity index (χ2n) is 7.64. The zero-order valence-electron chi connectivity index (χ0n) is 17.4. The van der Waals surface area contributed by atoms with Crippen molar-refractivity contribution in [1.82, 2.24) is 19.7 Å². The number of hydrogen-bond donors (Lipinski definition) is 2. The highest BCUT2D eigenvalue weighted by atomic mass is 19.4. The number of rotatable bonds is 5. The number of nitrogens with one attached hydrogen (secondary N) is 2. The third-order valence-corrected chi connectivity index (χ3v) is 5.44. The van der Waals surface area contributed by atoms with E-state index in [0.29, 0.717) is 0 Å². The van der Waals surface area contributed by atoms with Crippen LogP contribution in [0, 0.1) is 0 Å². The Hall–Kier alpha value is -2.85. The second-order valence-corrected chi connectivity index (χ2v) is 7.64. The molecule has 2 amide bonds. The van der Waals surface area contributed by atoms with Gasteiger partial charge < -0.3 is 20.1 Å². The number of piperazine rings is 1. The Morgan fingerprint density at radius 1 is 1.00 bits per heavy atom. The fourth-order valence-corrected chi connectivity index (χ4v) is 3.57. The summed E-state index contributed by atoms with van der Waals surface area (Å²) >= 11 is 0. The maximum Gasteiger partial charge on any atom is 0.416 e. The van der Waals surface area contributed by atoms with E-state index in [4.69, 9.17) is 0 Å². The number of aryl methyl sites for hydroxylation is 1. The average molecular weight is 437 g/mol. The average Bonchev–Trinajstić information content (AvgIpc) is 3.14. The molecule has 3 rings (SSSR count). The van der Waals surface area contributed by atoms with E-state index in [2.05, 4.69) is 27.5 Å². The summed E-state index contributed by atoms with van der Waals surface area (Å²) in [5.74, 6) is -1.77. The molecular weight excluding hydrogens is 411 g/mol. The van der Waals surface area contributed by atoms with E-state index in [0.717, 1.165) is 56.1 Å². The number of halogens is 3. The summed E-state index contributed by atoms with van der Waals surface area (Å²) in [6, 6.07) is 7.75. The molecule has 2 aromatic rings. The molecule has 1 aliphatic rings. The van der Waals surface area contributed by atoms with Gasteiger partial charge in [0.1, 0.15) is 0 Å². The van der Waals surface area contributed by atoms with E-state index < -0.39 is 23.6 Å². The minimum absolute atomic E-state index is 0.100. The quantitative estimate of drug-likeness (QED) is 0.703. The van der Waals surface area contributed by atoms with Crippen LogP contribution in [0.4, 0.5) is 18.9 Å². The van der Waals surface area contributed by atoms with E-state index in [1.165, 1.54) is 0 Å². The Balaban J connectivity index is 1.61. The van der Waals surface area contributed by atoms with Crippen LogP contribution in [0.1, 0.15) is 17.3 Å². The summed E-state index contributed by atoms with van der Waals surface area (Å²) in [5.41, 5.74) is 0.312. The first-order valence-electron chi connectivity index (χ1n) is 9.95. The maximum atomic E-state index is 12.6. The lowest BCUT2D eigenvalue weighted by molar-refractivity contribution is -0.137. The molecule has 1 aromatic carbocycles. The lowest BCUT2D eigenvalue weighted by Gasteiger charge is -2.38. The molecule has 168 valence electrons. The largest absolute Gasteiger partial charge is 0.416 e. The molecular formula is C21H26F3N5O2. The molecule has 1 aliphatic heterocycles. The van der Waals surface area contributed by atoms with Crippen LogP contribution in [0.5, 0.6) is 0 Å². The summed E-state index contributed by atoms with van der Waals surface area (Å²) in [5, 5.41) is 4.99. The molecule has 31 heavy (non-hydrogen) atoms. The Morgan fingerprint density at radius 3 is 2.19 bits per heavy atom. The molecule has 0 bridgehead atoms. The van der Waals surface area contributed by atoms with E-state index >= 15 is 0 Å². The lowest BCUT2D eigenvalue weighted by atomic mass is 10.1. The Morgan fingerprint density at radius 2 is 1.65 bits per heavy atom. The Kier molecular flexibility index (Phi) is 7.01. The number of nitrogens with zero attached hydrogens (tertiary/aromatic N) is 3. The third-order valence-electron chi connectivity index (χ3n) is 5.44. The molecule has 7 nitrogen and oxygen atoms in total. The van der Waals surface area contributed by atoms with Gasteiger partial charge in [-0.3, -0.25) is 14.5 Å². The van der Waals surface area contributed by atoms with E-state index in [1.807, 2.05) is 29.9 Å². The van der Waals surface area contributed by atoms with Crippen LogP contribution in [0.15, 0.2) is 42.6 Å². The normalized spacial score (nSPS) is 16.7. The Bertz CT molecular complexity index is 902. The molecule has 0 aliphatic carbocycles. The van der Waals surface area contributed by atoms with Crippen LogP contribution >= 0.6 is 0 Å². The van der Waals surface area contributed by atoms with Gasteiger partial charge in [0.15, 0.2) is 0 Å². The van der Waals surface area contributed by atoms with Crippen molar-refractivity contribution in [1.29, 1.82) is 0 Å². The number of carbonyl (C=O) groups is 2. The van der Waals surface area contributed by atoms with Crippen LogP contribution in [0.2, 0.25) is 0 Å². The minimum atomic E-state index is -4.46. The summed E-state index contributed by atoms with van der Waals surface area (Å²) in [4.78, 5) is 29.0. The third kappa shape index (κ3) is 5.86. The van der Waals surface area contributed by atoms with Gasteiger partial charge in [0.25, 0.3) is 0 Å². The minimum Gasteiger partial charge on any atom is -0.353 e. The highest BCUT2D eigenvalue weighted by Gasteiger charge is 2.30. The zero-order valence-corrected chi connectivity index (χ0v) is 17.4. The molecule has 0 unspecified atom stereocenters. The van der Waals surface area contributed by atoms with Gasteiger partial charge in [-0.1, -0.05) is 0 Å². The number of benzene rings is 1. The van der Waals surface area contributed by atoms with Gasteiger partial charge in [-0.25, -0.2) is 0 Å². The first kappa shape index (κ1) is 22.8. The number of likely N-dealkylation sites (N-methyl/N-ethyl adjacent to an activating group) is 1. The predicted molar refractivity (Wildman–Crippen MR) is 110 cm³/mol. The van der Waals surface area contributed by atoms with Crippen molar-refractivity contribution in [3.63, 3.8) is 0 Å². The number of hydrogen-bond acceptors (Lipinski definition) is 4. The van der Waals surface area contributed by atoms with Crippen LogP contribution in [-0.2, 0) is 22.8 Å². The fourth-order valence-electron chi connectivity index (χ4n) is 3.57. The van der Waals surface area contributed by atoms with Crippen molar-refractivity contribution in [2.75, 3.05) is 45.1 Å². The summed E-state index contributed by atoms with van der Waals surface area (Å²) in [7, 11) is 3.99. The smallest absolute Gasteiger partial charge is 0.353 e. The van der Waals surface area contributed by atoms with Crippen molar-refractivity contribution in [2.45, 2.75) is 12.2 Å². The molecule has 1 atom stereocenters. The lowest BCUT2D eigenvalue weighted by Crippen LogP contribution is -2.49. The van der Waals surface area contributed by atoms with Crippen LogP contribution < -0.4 is 10.6 Å². The van der Waals surface area contributed by atoms with Gasteiger partial charge in [0, 0.05) is 57.3 Å². The van der Waals surface area contributed by atoms with E-state index in [9.17, 15) is 22.8 Å². The Labute approximate surface area is 178 Å². The number of alkyl halides is 3. The van der Waals surface area contributed by atoms with Crippen molar-refractivity contribution in [2.24, 2.45) is 7.05 Å². The molecule has 1 fully saturated rings. The molecule has 2 heterocycles. The second kappa shape index (κ2) is 9.52. The maximum absolute atomic E-state index is 12.6. The van der Waals surface area contributed by atoms with Gasteiger partial charge in [-0.15, -0.1) is 0 Å². The monoisotopic (exact) mass is 437 g/mol. The first-order valence-corrected chi connectivity index (χ1v) is 9.95. The summed E-state index contributed by atoms with van der Waals surface area (Å²) in [6.45, 7) is 3.72. The molecule has 2 N–H and O–H groups in total. The van der Waals surface area contributed by atoms with Crippen molar-refractivity contribution in [3.05, 3.63) is 53.9 Å². The fraction of sp³-hybridized carbons (Fsp3) is 0.429. The van der Waals surface area contributed by atoms with Gasteiger partial charge in [-0.05, 0) is 43.4 Å². The topological polar surface area (TPSA) is 69.6 Å². The van der Waals surface area contributed by atoms with Crippen LogP contribution in [0.25, 0.3) is 0 Å². The highest BCUT2D eigenvalue weighted by molar-refractivity contribution is 6.39. The summed E-state index contributed by atoms with van der Waals surface area (Å²) < 4.78 is 39.9. The van der Waals surface area contributed by atoms with Crippen LogP contribution in [-0.4, -0.2) is 66.0 Å². The first-order chi connectivity index (χ1) is 14.6. The number of amides is 2. The molecule has 0 saturated carbocycles. The molecule has 10 heteroatoms. The number of aromatic nitrogens is 1. The summed E-state index contributed by atoms with van der Waals surface area (Å²) in [6.07, 6.45) is -2.54. The number of carbonyl (C=O) groups excluding carboxylic acids is 2. The molecule has 1 saturated heterocycles. The van der Waals surface area contributed by atoms with Gasteiger partial charge in [0.05, 0.1) is 11.6 Å². The predicted octanol–water partition coefficient (Wildman–Crippen LogP) is 2.09. The van der Waals surface area contributed by atoms with Crippen LogP contribution in [0.3, 0.4) is 0 Å². The van der Waals surface area contributed by atoms with Crippen molar-refractivity contribution < 1.29 is 22.8 Å². The van der Waals surface area contributed by atoms with Gasteiger partial charge >= 0.3 is 18.0 Å². The van der Waals surface area contributed by atoms with E-state index in [1.54, 1.807) is 0 Å². The van der Waals surface area contributed by atoms with Gasteiger partial charge in [0.2, 0.25) is 0 Å². The highest BCUT2D eigenvalue weighted by Crippen LogP contribution is 2.29. The van der Waals surface area contributed by atoms with Crippen molar-refractivity contribution in [3.8, 4) is 0 Å². The molecule has 0 radical (unpaired) electrons. The molecule has 0 spiro atoms. The number of anilines is 1.